The van der Waals surface area contributed by atoms with Crippen molar-refractivity contribution in [2.24, 2.45) is 0 Å². The topological polar surface area (TPSA) is 57.6 Å². The summed E-state index contributed by atoms with van der Waals surface area (Å²) in [5, 5.41) is 8.84. The van der Waals surface area contributed by atoms with Crippen molar-refractivity contribution in [1.29, 1.82) is 0 Å². The van der Waals surface area contributed by atoms with Crippen LogP contribution in [0.25, 0.3) is 0 Å². The molecule has 1 amide bonds. The molecule has 18 heavy (non-hydrogen) atoms. The summed E-state index contributed by atoms with van der Waals surface area (Å²) in [7, 11) is 0. The number of carboxylic acids is 1. The van der Waals surface area contributed by atoms with Gasteiger partial charge < -0.3 is 10.0 Å². The van der Waals surface area contributed by atoms with Crippen molar-refractivity contribution in [3.05, 3.63) is 35.9 Å². The Hall–Kier alpha value is -1.84. The lowest BCUT2D eigenvalue weighted by Gasteiger charge is -2.28. The molecule has 1 aromatic rings. The summed E-state index contributed by atoms with van der Waals surface area (Å²) < 4.78 is 0. The zero-order valence-electron chi connectivity index (χ0n) is 11.0. The van der Waals surface area contributed by atoms with Crippen LogP contribution in [0.2, 0.25) is 0 Å². The van der Waals surface area contributed by atoms with Crippen molar-refractivity contribution in [2.45, 2.75) is 32.7 Å². The molecule has 0 saturated heterocycles. The Morgan fingerprint density at radius 3 is 2.17 bits per heavy atom. The molecule has 0 fully saturated rings. The summed E-state index contributed by atoms with van der Waals surface area (Å²) in [6.45, 7) is 5.18. The first kappa shape index (κ1) is 14.2. The number of carbonyl (C=O) groups is 2. The van der Waals surface area contributed by atoms with E-state index in [9.17, 15) is 9.59 Å². The summed E-state index contributed by atoms with van der Waals surface area (Å²) in [6, 6.07) is 9.26. The highest BCUT2D eigenvalue weighted by atomic mass is 16.4. The molecule has 0 bridgehead atoms. The first-order chi connectivity index (χ1) is 8.43. The van der Waals surface area contributed by atoms with Crippen LogP contribution < -0.4 is 0 Å². The molecule has 1 N–H and O–H groups in total. The minimum absolute atomic E-state index is 0.125. The molecule has 1 atom stereocenters. The molecule has 0 heterocycles. The van der Waals surface area contributed by atoms with Crippen LogP contribution in [0.1, 0.15) is 32.3 Å². The molecule has 4 heteroatoms. The molecule has 1 aromatic carbocycles. The summed E-state index contributed by atoms with van der Waals surface area (Å²) in [4.78, 5) is 24.5. The molecule has 0 spiro atoms. The van der Waals surface area contributed by atoms with Crippen LogP contribution in [-0.4, -0.2) is 34.5 Å². The van der Waals surface area contributed by atoms with E-state index in [0.29, 0.717) is 0 Å². The zero-order valence-corrected chi connectivity index (χ0v) is 11.0. The number of hydrogen-bond donors (Lipinski definition) is 1. The average molecular weight is 249 g/mol. The van der Waals surface area contributed by atoms with Crippen LogP contribution in [0.15, 0.2) is 30.3 Å². The largest absolute Gasteiger partial charge is 0.480 e. The second kappa shape index (κ2) is 6.19. The molecule has 0 aromatic heterocycles. The lowest BCUT2D eigenvalue weighted by Crippen LogP contribution is -2.42. The van der Waals surface area contributed by atoms with Crippen LogP contribution in [-0.2, 0) is 9.59 Å². The van der Waals surface area contributed by atoms with Crippen LogP contribution in [0, 0.1) is 0 Å². The van der Waals surface area contributed by atoms with Gasteiger partial charge >= 0.3 is 5.97 Å². The maximum absolute atomic E-state index is 12.3. The predicted molar refractivity (Wildman–Crippen MR) is 69.3 cm³/mol. The fourth-order valence-corrected chi connectivity index (χ4v) is 1.79. The second-order valence-electron chi connectivity index (χ2n) is 4.59. The highest BCUT2D eigenvalue weighted by Gasteiger charge is 2.25. The van der Waals surface area contributed by atoms with E-state index in [4.69, 9.17) is 5.11 Å². The minimum Gasteiger partial charge on any atom is -0.480 e. The Bertz CT molecular complexity index is 414. The van der Waals surface area contributed by atoms with Crippen LogP contribution in [0.5, 0.6) is 0 Å². The lowest BCUT2D eigenvalue weighted by atomic mass is 9.99. The smallest absolute Gasteiger partial charge is 0.323 e. The Labute approximate surface area is 107 Å². The van der Waals surface area contributed by atoms with Gasteiger partial charge in [-0.1, -0.05) is 30.3 Å². The number of carboxylic acid groups (broad SMARTS) is 1. The van der Waals surface area contributed by atoms with Gasteiger partial charge in [-0.25, -0.2) is 0 Å². The molecular formula is C14H19NO3. The Balaban J connectivity index is 2.86. The Morgan fingerprint density at radius 1 is 1.17 bits per heavy atom. The van der Waals surface area contributed by atoms with Crippen LogP contribution in [0.4, 0.5) is 0 Å². The number of carbonyl (C=O) groups excluding carboxylic acids is 1. The summed E-state index contributed by atoms with van der Waals surface area (Å²) in [5.41, 5.74) is 0.901. The molecular weight excluding hydrogens is 230 g/mol. The van der Waals surface area contributed by atoms with Gasteiger partial charge in [0.2, 0.25) is 5.91 Å². The third kappa shape index (κ3) is 3.58. The molecule has 0 aliphatic rings. The van der Waals surface area contributed by atoms with Gasteiger partial charge in [0.1, 0.15) is 6.54 Å². The van der Waals surface area contributed by atoms with Crippen molar-refractivity contribution < 1.29 is 14.7 Å². The Kier molecular flexibility index (Phi) is 4.89. The molecule has 0 radical (unpaired) electrons. The van der Waals surface area contributed by atoms with Crippen LogP contribution >= 0.6 is 0 Å². The van der Waals surface area contributed by atoms with Crippen molar-refractivity contribution in [1.82, 2.24) is 4.90 Å². The van der Waals surface area contributed by atoms with E-state index in [1.807, 2.05) is 44.2 Å². The summed E-state index contributed by atoms with van der Waals surface area (Å²) in [5.74, 6) is -1.47. The maximum Gasteiger partial charge on any atom is 0.323 e. The summed E-state index contributed by atoms with van der Waals surface area (Å²) >= 11 is 0. The average Bonchev–Trinajstić information content (AvgIpc) is 2.34. The third-order valence-electron chi connectivity index (χ3n) is 2.88. The molecule has 0 aliphatic carbocycles. The van der Waals surface area contributed by atoms with Crippen molar-refractivity contribution >= 4 is 11.9 Å². The number of benzene rings is 1. The third-order valence-corrected chi connectivity index (χ3v) is 2.88. The highest BCUT2D eigenvalue weighted by Crippen LogP contribution is 2.18. The predicted octanol–water partition coefficient (Wildman–Crippen LogP) is 2.11. The van der Waals surface area contributed by atoms with Gasteiger partial charge in [-0.3, -0.25) is 9.59 Å². The Morgan fingerprint density at radius 2 is 1.72 bits per heavy atom. The van der Waals surface area contributed by atoms with Crippen LogP contribution in [0.3, 0.4) is 0 Å². The minimum atomic E-state index is -0.989. The van der Waals surface area contributed by atoms with Gasteiger partial charge in [0, 0.05) is 6.04 Å². The van der Waals surface area contributed by atoms with Gasteiger partial charge in [0.15, 0.2) is 0 Å². The quantitative estimate of drug-likeness (QED) is 0.869. The van der Waals surface area contributed by atoms with Gasteiger partial charge in [-0.15, -0.1) is 0 Å². The van der Waals surface area contributed by atoms with Crippen molar-refractivity contribution in [2.75, 3.05) is 6.54 Å². The van der Waals surface area contributed by atoms with E-state index in [2.05, 4.69) is 0 Å². The molecule has 0 aliphatic heterocycles. The van der Waals surface area contributed by atoms with Gasteiger partial charge in [-0.05, 0) is 26.3 Å². The highest BCUT2D eigenvalue weighted by molar-refractivity contribution is 5.86. The van der Waals surface area contributed by atoms with E-state index in [1.165, 1.54) is 4.90 Å². The second-order valence-corrected chi connectivity index (χ2v) is 4.59. The molecule has 4 nitrogen and oxygen atoms in total. The first-order valence-electron chi connectivity index (χ1n) is 6.00. The molecule has 1 rings (SSSR count). The zero-order chi connectivity index (χ0) is 13.7. The van der Waals surface area contributed by atoms with Crippen molar-refractivity contribution in [3.8, 4) is 0 Å². The fraction of sp³-hybridized carbons (Fsp3) is 0.429. The van der Waals surface area contributed by atoms with E-state index in [1.54, 1.807) is 6.92 Å². The van der Waals surface area contributed by atoms with Gasteiger partial charge in [0.25, 0.3) is 0 Å². The molecule has 0 unspecified atom stereocenters. The summed E-state index contributed by atoms with van der Waals surface area (Å²) in [6.07, 6.45) is 0. The van der Waals surface area contributed by atoms with E-state index in [0.717, 1.165) is 5.56 Å². The standard InChI is InChI=1S/C14H19NO3/c1-10(2)15(9-13(16)17)14(18)11(3)12-7-5-4-6-8-12/h4-8,10-11H,9H2,1-3H3,(H,16,17)/t11-/m1/s1. The maximum atomic E-state index is 12.3. The lowest BCUT2D eigenvalue weighted by molar-refractivity contribution is -0.146. The van der Waals surface area contributed by atoms with Gasteiger partial charge in [0.05, 0.1) is 5.92 Å². The number of aliphatic carboxylic acids is 1. The van der Waals surface area contributed by atoms with E-state index >= 15 is 0 Å². The number of nitrogens with zero attached hydrogens (tertiary/aromatic N) is 1. The van der Waals surface area contributed by atoms with E-state index in [-0.39, 0.29) is 24.4 Å². The van der Waals surface area contributed by atoms with E-state index < -0.39 is 5.97 Å². The normalized spacial score (nSPS) is 12.2. The molecule has 0 saturated carbocycles. The van der Waals surface area contributed by atoms with Gasteiger partial charge in [-0.2, -0.15) is 0 Å². The fourth-order valence-electron chi connectivity index (χ4n) is 1.79. The first-order valence-corrected chi connectivity index (χ1v) is 6.00. The number of hydrogen-bond acceptors (Lipinski definition) is 2. The number of amides is 1. The number of rotatable bonds is 5. The SMILES string of the molecule is CC(C)N(CC(=O)O)C(=O)[C@H](C)c1ccccc1. The van der Waals surface area contributed by atoms with Crippen molar-refractivity contribution in [3.63, 3.8) is 0 Å². The monoisotopic (exact) mass is 249 g/mol. The molecule has 98 valence electrons.